The van der Waals surface area contributed by atoms with E-state index < -0.39 is 11.4 Å². The number of nitrogens with zero attached hydrogens (tertiary/aromatic N) is 3. The van der Waals surface area contributed by atoms with E-state index in [1.165, 1.54) is 27.7 Å². The molecule has 2 amide bonds. The summed E-state index contributed by atoms with van der Waals surface area (Å²) in [6, 6.07) is 19.3. The van der Waals surface area contributed by atoms with Gasteiger partial charge < -0.3 is 10.2 Å². The van der Waals surface area contributed by atoms with Crippen LogP contribution in [0.3, 0.4) is 0 Å². The number of amides is 2. The first kappa shape index (κ1) is 23.2. The van der Waals surface area contributed by atoms with Crippen LogP contribution in [0.2, 0.25) is 0 Å². The molecule has 0 bridgehead atoms. The molecule has 0 radical (unpaired) electrons. The van der Waals surface area contributed by atoms with E-state index >= 15 is 0 Å². The van der Waals surface area contributed by atoms with Gasteiger partial charge in [-0.3, -0.25) is 19.0 Å². The van der Waals surface area contributed by atoms with Gasteiger partial charge in [-0.1, -0.05) is 42.1 Å². The van der Waals surface area contributed by atoms with Gasteiger partial charge in [0.15, 0.2) is 5.16 Å². The van der Waals surface area contributed by atoms with E-state index in [0.29, 0.717) is 22.2 Å². The zero-order valence-electron chi connectivity index (χ0n) is 18.5. The molecule has 0 atom stereocenters. The zero-order chi connectivity index (χ0) is 24.2. The Labute approximate surface area is 199 Å². The van der Waals surface area contributed by atoms with Gasteiger partial charge in [0, 0.05) is 25.3 Å². The highest BCUT2D eigenvalue weighted by Crippen LogP contribution is 2.23. The molecule has 1 aromatic heterocycles. The Bertz CT molecular complexity index is 1450. The zero-order valence-corrected chi connectivity index (χ0v) is 19.3. The first-order valence-corrected chi connectivity index (χ1v) is 11.3. The normalized spacial score (nSPS) is 10.8. The molecule has 4 aromatic rings. The maximum atomic E-state index is 14.6. The Morgan fingerprint density at radius 2 is 1.76 bits per heavy atom. The van der Waals surface area contributed by atoms with Gasteiger partial charge in [0.05, 0.1) is 22.3 Å². The first-order chi connectivity index (χ1) is 16.3. The molecular weight excluding hydrogens is 455 g/mol. The number of carbonyl (C=O) groups is 2. The quantitative estimate of drug-likeness (QED) is 0.336. The van der Waals surface area contributed by atoms with Crippen molar-refractivity contribution in [3.63, 3.8) is 0 Å². The third-order valence-corrected chi connectivity index (χ3v) is 5.91. The highest BCUT2D eigenvalue weighted by molar-refractivity contribution is 7.99. The second-order valence-electron chi connectivity index (χ2n) is 7.62. The fourth-order valence-corrected chi connectivity index (χ4v) is 4.18. The van der Waals surface area contributed by atoms with Crippen molar-refractivity contribution in [2.24, 2.45) is 0 Å². The molecule has 0 aliphatic carbocycles. The molecule has 0 spiro atoms. The highest BCUT2D eigenvalue weighted by Gasteiger charge is 2.17. The number of hydrogen-bond donors (Lipinski definition) is 1. The van der Waals surface area contributed by atoms with Crippen molar-refractivity contribution in [3.05, 3.63) is 94.5 Å². The van der Waals surface area contributed by atoms with Crippen molar-refractivity contribution in [2.75, 3.05) is 25.2 Å². The number of fused-ring (bicyclic) bond motifs is 1. The van der Waals surface area contributed by atoms with Crippen molar-refractivity contribution < 1.29 is 14.0 Å². The summed E-state index contributed by atoms with van der Waals surface area (Å²) in [5.74, 6) is -1.19. The summed E-state index contributed by atoms with van der Waals surface area (Å²) in [7, 11) is 3.30. The van der Waals surface area contributed by atoms with Crippen LogP contribution in [0, 0.1) is 5.82 Å². The first-order valence-electron chi connectivity index (χ1n) is 10.4. The highest BCUT2D eigenvalue weighted by atomic mass is 32.2. The molecular formula is C25H21FN4O3S. The number of rotatable bonds is 6. The number of aromatic nitrogens is 2. The molecule has 3 aromatic carbocycles. The van der Waals surface area contributed by atoms with Gasteiger partial charge in [0.25, 0.3) is 11.5 Å². The van der Waals surface area contributed by atoms with Crippen molar-refractivity contribution in [3.8, 4) is 5.69 Å². The fraction of sp³-hybridized carbons (Fsp3) is 0.120. The maximum Gasteiger partial charge on any atom is 0.266 e. The third kappa shape index (κ3) is 4.84. The molecule has 1 N–H and O–H groups in total. The van der Waals surface area contributed by atoms with Gasteiger partial charge in [0.2, 0.25) is 5.91 Å². The monoisotopic (exact) mass is 476 g/mol. The summed E-state index contributed by atoms with van der Waals surface area (Å²) in [4.78, 5) is 44.0. The Kier molecular flexibility index (Phi) is 6.74. The van der Waals surface area contributed by atoms with Gasteiger partial charge in [-0.25, -0.2) is 9.37 Å². The summed E-state index contributed by atoms with van der Waals surface area (Å²) in [6.45, 7) is 0. The molecule has 0 aliphatic rings. The Morgan fingerprint density at radius 3 is 2.53 bits per heavy atom. The van der Waals surface area contributed by atoms with Gasteiger partial charge >= 0.3 is 0 Å². The molecule has 0 aliphatic heterocycles. The number of benzene rings is 3. The molecule has 7 nitrogen and oxygen atoms in total. The molecule has 1 heterocycles. The minimum atomic E-state index is -0.574. The smallest absolute Gasteiger partial charge is 0.266 e. The lowest BCUT2D eigenvalue weighted by molar-refractivity contribution is -0.113. The Morgan fingerprint density at radius 1 is 1.03 bits per heavy atom. The number of carbonyl (C=O) groups excluding carboxylic acids is 2. The maximum absolute atomic E-state index is 14.6. The van der Waals surface area contributed by atoms with Gasteiger partial charge in [0.1, 0.15) is 5.82 Å². The second-order valence-corrected chi connectivity index (χ2v) is 8.56. The molecule has 34 heavy (non-hydrogen) atoms. The topological polar surface area (TPSA) is 84.3 Å². The van der Waals surface area contributed by atoms with Crippen LogP contribution in [-0.2, 0) is 4.79 Å². The average Bonchev–Trinajstić information content (AvgIpc) is 2.83. The van der Waals surface area contributed by atoms with Crippen LogP contribution in [0.5, 0.6) is 0 Å². The molecule has 0 saturated carbocycles. The predicted molar refractivity (Wildman–Crippen MR) is 131 cm³/mol. The summed E-state index contributed by atoms with van der Waals surface area (Å²) >= 11 is 1.02. The molecule has 0 saturated heterocycles. The van der Waals surface area contributed by atoms with E-state index in [-0.39, 0.29) is 28.4 Å². The molecule has 172 valence electrons. The van der Waals surface area contributed by atoms with E-state index in [2.05, 4.69) is 10.3 Å². The lowest BCUT2D eigenvalue weighted by atomic mass is 10.2. The van der Waals surface area contributed by atoms with Crippen LogP contribution in [0.1, 0.15) is 10.4 Å². The largest absolute Gasteiger partial charge is 0.345 e. The molecule has 9 heteroatoms. The minimum Gasteiger partial charge on any atom is -0.345 e. The van der Waals surface area contributed by atoms with Crippen LogP contribution in [0.4, 0.5) is 10.1 Å². The van der Waals surface area contributed by atoms with Gasteiger partial charge in [-0.15, -0.1) is 0 Å². The summed E-state index contributed by atoms with van der Waals surface area (Å²) in [6.07, 6.45) is 0. The summed E-state index contributed by atoms with van der Waals surface area (Å²) in [5, 5.41) is 3.29. The lowest BCUT2D eigenvalue weighted by Crippen LogP contribution is -2.24. The van der Waals surface area contributed by atoms with Crippen LogP contribution >= 0.6 is 11.8 Å². The molecule has 0 unspecified atom stereocenters. The molecule has 4 rings (SSSR count). The van der Waals surface area contributed by atoms with E-state index in [0.717, 1.165) is 11.8 Å². The number of thioether (sulfide) groups is 1. The number of halogens is 1. The second kappa shape index (κ2) is 9.88. The van der Waals surface area contributed by atoms with Crippen LogP contribution in [0.25, 0.3) is 16.6 Å². The molecule has 0 fully saturated rings. The fourth-order valence-electron chi connectivity index (χ4n) is 3.37. The van der Waals surface area contributed by atoms with E-state index in [9.17, 15) is 18.8 Å². The summed E-state index contributed by atoms with van der Waals surface area (Å²) in [5.41, 5.74) is 1.01. The van der Waals surface area contributed by atoms with Crippen LogP contribution in [-0.4, -0.2) is 46.1 Å². The Balaban J connectivity index is 1.61. The predicted octanol–water partition coefficient (Wildman–Crippen LogP) is 3.96. The van der Waals surface area contributed by atoms with Crippen molar-refractivity contribution >= 4 is 40.2 Å². The third-order valence-electron chi connectivity index (χ3n) is 4.97. The standard InChI is InChI=1S/C25H21FN4O3S/c1-29(2)23(32)16-8-7-9-17(14-16)27-22(31)15-34-25-28-20-12-5-3-10-18(20)24(33)30(25)21-13-6-4-11-19(21)26/h3-14H,15H2,1-2H3,(H,27,31). The summed E-state index contributed by atoms with van der Waals surface area (Å²) < 4.78 is 15.8. The number of para-hydroxylation sites is 2. The van der Waals surface area contributed by atoms with Gasteiger partial charge in [-0.05, 0) is 42.5 Å². The number of hydrogen-bond acceptors (Lipinski definition) is 5. The van der Waals surface area contributed by atoms with Crippen molar-refractivity contribution in [2.45, 2.75) is 5.16 Å². The number of nitrogens with one attached hydrogen (secondary N) is 1. The van der Waals surface area contributed by atoms with Crippen molar-refractivity contribution in [1.29, 1.82) is 0 Å². The number of anilines is 1. The average molecular weight is 477 g/mol. The SMILES string of the molecule is CN(C)C(=O)c1cccc(NC(=O)CSc2nc3ccccc3c(=O)n2-c2ccccc2F)c1. The van der Waals surface area contributed by atoms with E-state index in [1.54, 1.807) is 68.7 Å². The minimum absolute atomic E-state index is 0.0589. The van der Waals surface area contributed by atoms with Crippen LogP contribution < -0.4 is 10.9 Å². The van der Waals surface area contributed by atoms with Gasteiger partial charge in [-0.2, -0.15) is 0 Å². The van der Waals surface area contributed by atoms with Crippen molar-refractivity contribution in [1.82, 2.24) is 14.5 Å². The Hall–Kier alpha value is -3.98. The van der Waals surface area contributed by atoms with E-state index in [1.807, 2.05) is 0 Å². The van der Waals surface area contributed by atoms with E-state index in [4.69, 9.17) is 0 Å². The van der Waals surface area contributed by atoms with Crippen LogP contribution in [0.15, 0.2) is 82.7 Å². The lowest BCUT2D eigenvalue weighted by Gasteiger charge is -2.14.